The first-order valence-electron chi connectivity index (χ1n) is 10.6. The normalized spacial score (nSPS) is 14.3. The largest absolute Gasteiger partial charge is 0.339 e. The molecular weight excluding hydrogens is 408 g/mol. The Bertz CT molecular complexity index is 1110. The van der Waals surface area contributed by atoms with Crippen molar-refractivity contribution < 1.29 is 13.2 Å². The van der Waals surface area contributed by atoms with Gasteiger partial charge in [0.2, 0.25) is 0 Å². The first kappa shape index (κ1) is 21.1. The van der Waals surface area contributed by atoms with Crippen molar-refractivity contribution in [2.45, 2.75) is 30.7 Å². The van der Waals surface area contributed by atoms with Gasteiger partial charge in [-0.25, -0.2) is 8.42 Å². The van der Waals surface area contributed by atoms with Gasteiger partial charge in [-0.1, -0.05) is 48.5 Å². The Labute approximate surface area is 184 Å². The molecule has 3 aromatic rings. The van der Waals surface area contributed by atoms with Crippen LogP contribution in [0.2, 0.25) is 0 Å². The first-order chi connectivity index (χ1) is 15.1. The lowest BCUT2D eigenvalue weighted by molar-refractivity contribution is 0.0724. The van der Waals surface area contributed by atoms with Gasteiger partial charge in [0.25, 0.3) is 15.9 Å². The van der Waals surface area contributed by atoms with Crippen LogP contribution < -0.4 is 4.31 Å². The van der Waals surface area contributed by atoms with E-state index in [4.69, 9.17) is 0 Å². The van der Waals surface area contributed by atoms with E-state index in [1.165, 1.54) is 4.31 Å². The molecule has 31 heavy (non-hydrogen) atoms. The van der Waals surface area contributed by atoms with Gasteiger partial charge in [-0.05, 0) is 61.2 Å². The molecule has 1 heterocycles. The maximum absolute atomic E-state index is 13.5. The lowest BCUT2D eigenvalue weighted by Crippen LogP contribution is -2.35. The zero-order valence-corrected chi connectivity index (χ0v) is 18.2. The van der Waals surface area contributed by atoms with E-state index in [1.807, 2.05) is 35.2 Å². The molecule has 0 bridgehead atoms. The Kier molecular flexibility index (Phi) is 6.37. The van der Waals surface area contributed by atoms with E-state index >= 15 is 0 Å². The highest BCUT2D eigenvalue weighted by Gasteiger charge is 2.26. The molecule has 1 saturated heterocycles. The Morgan fingerprint density at radius 1 is 0.774 bits per heavy atom. The van der Waals surface area contributed by atoms with Crippen molar-refractivity contribution in [3.05, 3.63) is 96.1 Å². The minimum Gasteiger partial charge on any atom is -0.339 e. The van der Waals surface area contributed by atoms with Crippen LogP contribution in [-0.2, 0) is 16.6 Å². The molecule has 3 aromatic carbocycles. The van der Waals surface area contributed by atoms with Gasteiger partial charge in [-0.3, -0.25) is 9.10 Å². The average molecular weight is 435 g/mol. The number of benzene rings is 3. The zero-order valence-electron chi connectivity index (χ0n) is 17.4. The second-order valence-electron chi connectivity index (χ2n) is 7.71. The van der Waals surface area contributed by atoms with E-state index < -0.39 is 10.0 Å². The highest BCUT2D eigenvalue weighted by atomic mass is 32.2. The predicted molar refractivity (Wildman–Crippen MR) is 122 cm³/mol. The van der Waals surface area contributed by atoms with Crippen LogP contribution in [0.3, 0.4) is 0 Å². The summed E-state index contributed by atoms with van der Waals surface area (Å²) < 4.78 is 28.3. The van der Waals surface area contributed by atoms with Crippen molar-refractivity contribution in [1.82, 2.24) is 4.90 Å². The molecule has 1 aliphatic heterocycles. The number of piperidine rings is 1. The summed E-state index contributed by atoms with van der Waals surface area (Å²) in [7, 11) is -3.77. The van der Waals surface area contributed by atoms with Crippen molar-refractivity contribution in [2.24, 2.45) is 0 Å². The number of hydrogen-bond acceptors (Lipinski definition) is 3. The number of likely N-dealkylation sites (tertiary alicyclic amines) is 1. The number of rotatable bonds is 6. The van der Waals surface area contributed by atoms with Crippen molar-refractivity contribution in [3.8, 4) is 0 Å². The standard InChI is InChI=1S/C25H26N2O3S/c28-25(26-18-8-3-9-19-26)22-14-16-23(17-15-22)27(20-21-10-4-1-5-11-21)31(29,30)24-12-6-2-7-13-24/h1-2,4-7,10-17H,3,8-9,18-20H2. The van der Waals surface area contributed by atoms with E-state index in [-0.39, 0.29) is 17.3 Å². The summed E-state index contributed by atoms with van der Waals surface area (Å²) in [4.78, 5) is 14.9. The van der Waals surface area contributed by atoms with E-state index in [1.54, 1.807) is 54.6 Å². The highest BCUT2D eigenvalue weighted by molar-refractivity contribution is 7.92. The second kappa shape index (κ2) is 9.35. The summed E-state index contributed by atoms with van der Waals surface area (Å²) in [5.41, 5.74) is 2.00. The van der Waals surface area contributed by atoms with Crippen LogP contribution in [0.4, 0.5) is 5.69 Å². The smallest absolute Gasteiger partial charge is 0.264 e. The maximum atomic E-state index is 13.5. The zero-order chi connectivity index (χ0) is 21.7. The lowest BCUT2D eigenvalue weighted by atomic mass is 10.1. The number of carbonyl (C=O) groups is 1. The van der Waals surface area contributed by atoms with Crippen molar-refractivity contribution in [1.29, 1.82) is 0 Å². The average Bonchev–Trinajstić information content (AvgIpc) is 2.84. The quantitative estimate of drug-likeness (QED) is 0.565. The number of nitrogens with zero attached hydrogens (tertiary/aromatic N) is 2. The Hall–Kier alpha value is -3.12. The molecule has 0 unspecified atom stereocenters. The molecule has 0 saturated carbocycles. The molecule has 0 radical (unpaired) electrons. The molecule has 1 amide bonds. The summed E-state index contributed by atoms with van der Waals surface area (Å²) in [6.45, 7) is 1.77. The fourth-order valence-electron chi connectivity index (χ4n) is 3.83. The number of amides is 1. The second-order valence-corrected chi connectivity index (χ2v) is 9.57. The van der Waals surface area contributed by atoms with E-state index in [0.29, 0.717) is 11.3 Å². The molecule has 1 fully saturated rings. The van der Waals surface area contributed by atoms with Gasteiger partial charge in [0, 0.05) is 18.7 Å². The van der Waals surface area contributed by atoms with Crippen LogP contribution in [0.5, 0.6) is 0 Å². The molecular formula is C25H26N2O3S. The monoisotopic (exact) mass is 434 g/mol. The van der Waals surface area contributed by atoms with Gasteiger partial charge in [0.1, 0.15) is 0 Å². The molecule has 0 aliphatic carbocycles. The van der Waals surface area contributed by atoms with Crippen molar-refractivity contribution in [2.75, 3.05) is 17.4 Å². The Morgan fingerprint density at radius 2 is 1.35 bits per heavy atom. The molecule has 0 spiro atoms. The van der Waals surface area contributed by atoms with Crippen molar-refractivity contribution in [3.63, 3.8) is 0 Å². The molecule has 0 aromatic heterocycles. The molecule has 4 rings (SSSR count). The van der Waals surface area contributed by atoms with Crippen LogP contribution in [-0.4, -0.2) is 32.3 Å². The fraction of sp³-hybridized carbons (Fsp3) is 0.240. The molecule has 0 N–H and O–H groups in total. The molecule has 160 valence electrons. The van der Waals surface area contributed by atoms with Gasteiger partial charge in [0.05, 0.1) is 17.1 Å². The topological polar surface area (TPSA) is 57.7 Å². The SMILES string of the molecule is O=C(c1ccc(N(Cc2ccccc2)S(=O)(=O)c2ccccc2)cc1)N1CCCCC1. The molecule has 0 atom stereocenters. The Balaban J connectivity index is 1.66. The number of anilines is 1. The van der Waals surface area contributed by atoms with Crippen molar-refractivity contribution >= 4 is 21.6 Å². The minimum atomic E-state index is -3.77. The van der Waals surface area contributed by atoms with Gasteiger partial charge >= 0.3 is 0 Å². The summed E-state index contributed by atoms with van der Waals surface area (Å²) >= 11 is 0. The molecule has 1 aliphatic rings. The third-order valence-electron chi connectivity index (χ3n) is 5.55. The van der Waals surface area contributed by atoms with E-state index in [0.717, 1.165) is 37.9 Å². The summed E-state index contributed by atoms with van der Waals surface area (Å²) in [6, 6.07) is 24.8. The minimum absolute atomic E-state index is 0.00627. The van der Waals surface area contributed by atoms with E-state index in [9.17, 15) is 13.2 Å². The molecule has 6 heteroatoms. The fourth-order valence-corrected chi connectivity index (χ4v) is 5.31. The van der Waals surface area contributed by atoms with Crippen LogP contribution in [0.25, 0.3) is 0 Å². The van der Waals surface area contributed by atoms with E-state index in [2.05, 4.69) is 0 Å². The van der Waals surface area contributed by atoms with Gasteiger partial charge in [-0.2, -0.15) is 0 Å². The number of carbonyl (C=O) groups excluding carboxylic acids is 1. The lowest BCUT2D eigenvalue weighted by Gasteiger charge is -2.27. The predicted octanol–water partition coefficient (Wildman–Crippen LogP) is 4.71. The number of hydrogen-bond donors (Lipinski definition) is 0. The van der Waals surface area contributed by atoms with Gasteiger partial charge in [0.15, 0.2) is 0 Å². The summed E-state index contributed by atoms with van der Waals surface area (Å²) in [5, 5.41) is 0. The molecule has 5 nitrogen and oxygen atoms in total. The maximum Gasteiger partial charge on any atom is 0.264 e. The Morgan fingerprint density at radius 3 is 1.97 bits per heavy atom. The highest BCUT2D eigenvalue weighted by Crippen LogP contribution is 2.27. The third kappa shape index (κ3) is 4.80. The first-order valence-corrected chi connectivity index (χ1v) is 12.0. The third-order valence-corrected chi connectivity index (χ3v) is 7.33. The van der Waals surface area contributed by atoms with Crippen LogP contribution >= 0.6 is 0 Å². The van der Waals surface area contributed by atoms with Gasteiger partial charge < -0.3 is 4.90 Å². The van der Waals surface area contributed by atoms with Gasteiger partial charge in [-0.15, -0.1) is 0 Å². The number of sulfonamides is 1. The summed E-state index contributed by atoms with van der Waals surface area (Å²) in [5.74, 6) is 0.00627. The van der Waals surface area contributed by atoms with Crippen LogP contribution in [0.15, 0.2) is 89.8 Å². The van der Waals surface area contributed by atoms with Crippen LogP contribution in [0, 0.1) is 0 Å². The summed E-state index contributed by atoms with van der Waals surface area (Å²) in [6.07, 6.45) is 3.22. The van der Waals surface area contributed by atoms with Crippen LogP contribution in [0.1, 0.15) is 35.2 Å².